The number of amides is 1. The molecule has 1 aliphatic rings. The van der Waals surface area contributed by atoms with Crippen molar-refractivity contribution in [2.45, 2.75) is 31.6 Å². The molecule has 3 N–H and O–H groups in total. The first-order valence-electron chi connectivity index (χ1n) is 9.26. The maximum absolute atomic E-state index is 12.6. The molecule has 10 nitrogen and oxygen atoms in total. The van der Waals surface area contributed by atoms with Crippen molar-refractivity contribution in [2.24, 2.45) is 7.05 Å². The number of aliphatic hydroxyl groups excluding tert-OH is 2. The van der Waals surface area contributed by atoms with E-state index >= 15 is 0 Å². The van der Waals surface area contributed by atoms with Crippen molar-refractivity contribution in [3.05, 3.63) is 23.7 Å². The van der Waals surface area contributed by atoms with Crippen molar-refractivity contribution in [2.75, 3.05) is 33.4 Å². The van der Waals surface area contributed by atoms with Gasteiger partial charge in [-0.2, -0.15) is 5.10 Å². The number of hydrogen-bond acceptors (Lipinski definition) is 8. The van der Waals surface area contributed by atoms with Crippen LogP contribution >= 0.6 is 0 Å². The van der Waals surface area contributed by atoms with Gasteiger partial charge in [0.1, 0.15) is 6.10 Å². The van der Waals surface area contributed by atoms with Crippen molar-refractivity contribution < 1.29 is 24.3 Å². The predicted octanol–water partition coefficient (Wildman–Crippen LogP) is -0.444. The zero-order valence-corrected chi connectivity index (χ0v) is 16.3. The lowest BCUT2D eigenvalue weighted by Gasteiger charge is -2.36. The summed E-state index contributed by atoms with van der Waals surface area (Å²) in [5.41, 5.74) is 1.82. The number of aryl methyl sites for hydroxylation is 1. The molecule has 1 amide bonds. The Kier molecular flexibility index (Phi) is 6.45. The monoisotopic (exact) mass is 393 g/mol. The molecule has 1 aliphatic heterocycles. The molecule has 2 aromatic heterocycles. The fraction of sp³-hybridized carbons (Fsp3) is 0.611. The number of hydrogen-bond donors (Lipinski definition) is 3. The van der Waals surface area contributed by atoms with Crippen molar-refractivity contribution in [3.8, 4) is 11.3 Å². The van der Waals surface area contributed by atoms with Gasteiger partial charge in [0.15, 0.2) is 11.5 Å². The Morgan fingerprint density at radius 1 is 1.50 bits per heavy atom. The third-order valence-electron chi connectivity index (χ3n) is 5.09. The van der Waals surface area contributed by atoms with Crippen LogP contribution in [0.15, 0.2) is 16.8 Å². The molecular weight excluding hydrogens is 366 g/mol. The third kappa shape index (κ3) is 4.41. The van der Waals surface area contributed by atoms with Crippen molar-refractivity contribution >= 4 is 5.91 Å². The second-order valence-electron chi connectivity index (χ2n) is 7.10. The molecule has 0 aliphatic carbocycles. The van der Waals surface area contributed by atoms with Gasteiger partial charge in [0.25, 0.3) is 5.91 Å². The molecule has 0 aromatic carbocycles. The minimum atomic E-state index is -0.856. The van der Waals surface area contributed by atoms with Crippen LogP contribution in [0.25, 0.3) is 11.3 Å². The van der Waals surface area contributed by atoms with Crippen LogP contribution in [-0.2, 0) is 11.8 Å². The smallest absolute Gasteiger partial charge is 0.273 e. The number of likely N-dealkylation sites (N-methyl/N-ethyl adjacent to an activating group) is 1. The van der Waals surface area contributed by atoms with E-state index in [1.54, 1.807) is 16.9 Å². The quantitative estimate of drug-likeness (QED) is 0.578. The number of aliphatic hydroxyl groups is 2. The summed E-state index contributed by atoms with van der Waals surface area (Å²) >= 11 is 0. The van der Waals surface area contributed by atoms with E-state index < -0.39 is 24.2 Å². The number of nitrogens with zero attached hydrogens (tertiary/aromatic N) is 4. The summed E-state index contributed by atoms with van der Waals surface area (Å²) < 4.78 is 12.6. The first-order chi connectivity index (χ1) is 13.4. The molecule has 3 heterocycles. The van der Waals surface area contributed by atoms with Crippen LogP contribution in [-0.4, -0.2) is 87.6 Å². The SMILES string of the molecule is Cc1c(-c2cc(C(=O)N[C@H]3CCO[C@H](CN(C)CCO)[C@H]3O)no2)cnn1C. The third-order valence-corrected chi connectivity index (χ3v) is 5.09. The second-order valence-corrected chi connectivity index (χ2v) is 7.10. The summed E-state index contributed by atoms with van der Waals surface area (Å²) in [6.07, 6.45) is 0.861. The number of ether oxygens (including phenoxy) is 1. The summed E-state index contributed by atoms with van der Waals surface area (Å²) in [5, 5.41) is 30.4. The van der Waals surface area contributed by atoms with Crippen LogP contribution in [0.3, 0.4) is 0 Å². The van der Waals surface area contributed by atoms with E-state index in [-0.39, 0.29) is 12.3 Å². The van der Waals surface area contributed by atoms with Gasteiger partial charge in [-0.05, 0) is 20.4 Å². The van der Waals surface area contributed by atoms with Crippen LogP contribution in [0.4, 0.5) is 0 Å². The van der Waals surface area contributed by atoms with Gasteiger partial charge in [0.2, 0.25) is 0 Å². The van der Waals surface area contributed by atoms with Gasteiger partial charge < -0.3 is 29.7 Å². The summed E-state index contributed by atoms with van der Waals surface area (Å²) in [6, 6.07) is 1.12. The predicted molar refractivity (Wildman–Crippen MR) is 99.6 cm³/mol. The van der Waals surface area contributed by atoms with Gasteiger partial charge in [0, 0.05) is 38.5 Å². The Balaban J connectivity index is 1.63. The van der Waals surface area contributed by atoms with E-state index in [9.17, 15) is 9.90 Å². The molecule has 1 fully saturated rings. The highest BCUT2D eigenvalue weighted by Gasteiger charge is 2.34. The highest BCUT2D eigenvalue weighted by atomic mass is 16.5. The maximum atomic E-state index is 12.6. The lowest BCUT2D eigenvalue weighted by molar-refractivity contribution is -0.0980. The number of aromatic nitrogens is 3. The zero-order chi connectivity index (χ0) is 20.3. The van der Waals surface area contributed by atoms with Crippen molar-refractivity contribution in [1.29, 1.82) is 0 Å². The van der Waals surface area contributed by atoms with Crippen LogP contribution in [0.5, 0.6) is 0 Å². The number of carbonyl (C=O) groups excluding carboxylic acids is 1. The van der Waals surface area contributed by atoms with E-state index in [2.05, 4.69) is 15.6 Å². The minimum Gasteiger partial charge on any atom is -0.395 e. The Labute approximate surface area is 163 Å². The first kappa shape index (κ1) is 20.5. The zero-order valence-electron chi connectivity index (χ0n) is 16.3. The average Bonchev–Trinajstić information content (AvgIpc) is 3.26. The molecule has 0 bridgehead atoms. The molecule has 154 valence electrons. The topological polar surface area (TPSA) is 126 Å². The molecule has 28 heavy (non-hydrogen) atoms. The van der Waals surface area contributed by atoms with Gasteiger partial charge in [-0.3, -0.25) is 9.48 Å². The van der Waals surface area contributed by atoms with Gasteiger partial charge in [0.05, 0.1) is 30.5 Å². The molecule has 1 saturated heterocycles. The average molecular weight is 393 g/mol. The Morgan fingerprint density at radius 3 is 2.96 bits per heavy atom. The largest absolute Gasteiger partial charge is 0.395 e. The molecule has 3 rings (SSSR count). The maximum Gasteiger partial charge on any atom is 0.273 e. The number of rotatable bonds is 7. The Bertz CT molecular complexity index is 804. The van der Waals surface area contributed by atoms with Crippen molar-refractivity contribution in [3.63, 3.8) is 0 Å². The fourth-order valence-electron chi connectivity index (χ4n) is 3.25. The number of carbonyl (C=O) groups is 1. The van der Waals surface area contributed by atoms with E-state index in [0.29, 0.717) is 31.9 Å². The summed E-state index contributed by atoms with van der Waals surface area (Å²) in [4.78, 5) is 14.4. The lowest BCUT2D eigenvalue weighted by Crippen LogP contribution is -2.56. The van der Waals surface area contributed by atoms with Gasteiger partial charge >= 0.3 is 0 Å². The van der Waals surface area contributed by atoms with Crippen LogP contribution < -0.4 is 5.32 Å². The summed E-state index contributed by atoms with van der Waals surface area (Å²) in [6.45, 7) is 3.31. The molecule has 10 heteroatoms. The Morgan fingerprint density at radius 2 is 2.29 bits per heavy atom. The standard InChI is InChI=1S/C18H27N5O5/c1-11-12(9-19-23(11)3)15-8-14(21-28-15)18(26)20-13-4-7-27-16(17(13)25)10-22(2)5-6-24/h8-9,13,16-17,24-25H,4-7,10H2,1-3H3,(H,20,26)/t13-,16+,17-/m0/s1. The van der Waals surface area contributed by atoms with Gasteiger partial charge in [-0.25, -0.2) is 0 Å². The number of nitrogens with one attached hydrogen (secondary N) is 1. The molecule has 0 unspecified atom stereocenters. The van der Waals surface area contributed by atoms with Gasteiger partial charge in [-0.1, -0.05) is 5.16 Å². The van der Waals surface area contributed by atoms with Crippen LogP contribution in [0.2, 0.25) is 0 Å². The lowest BCUT2D eigenvalue weighted by atomic mass is 9.99. The summed E-state index contributed by atoms with van der Waals surface area (Å²) in [5.74, 6) is 0.0525. The van der Waals surface area contributed by atoms with E-state index in [1.807, 2.05) is 25.9 Å². The normalized spacial score (nSPS) is 22.6. The summed E-state index contributed by atoms with van der Waals surface area (Å²) in [7, 11) is 3.66. The fourth-order valence-corrected chi connectivity index (χ4v) is 3.25. The van der Waals surface area contributed by atoms with E-state index in [0.717, 1.165) is 11.3 Å². The van der Waals surface area contributed by atoms with Crippen LogP contribution in [0.1, 0.15) is 22.6 Å². The highest BCUT2D eigenvalue weighted by molar-refractivity contribution is 5.93. The minimum absolute atomic E-state index is 0.0321. The van der Waals surface area contributed by atoms with E-state index in [4.69, 9.17) is 14.4 Å². The van der Waals surface area contributed by atoms with E-state index in [1.165, 1.54) is 0 Å². The highest BCUT2D eigenvalue weighted by Crippen LogP contribution is 2.23. The molecule has 0 spiro atoms. The van der Waals surface area contributed by atoms with Crippen molar-refractivity contribution in [1.82, 2.24) is 25.2 Å². The molecule has 3 atom stereocenters. The first-order valence-corrected chi connectivity index (χ1v) is 9.26. The molecule has 2 aromatic rings. The molecule has 0 radical (unpaired) electrons. The molecule has 0 saturated carbocycles. The van der Waals surface area contributed by atoms with Crippen LogP contribution in [0, 0.1) is 6.92 Å². The van der Waals surface area contributed by atoms with Gasteiger partial charge in [-0.15, -0.1) is 0 Å². The second kappa shape index (κ2) is 8.82. The Hall–Kier alpha value is -2.27. The molecular formula is C18H27N5O5.